The molecule has 1 saturated carbocycles. The van der Waals surface area contributed by atoms with Gasteiger partial charge < -0.3 is 10.2 Å². The standard InChI is InChI=1S/C22H21ClF3N5/c23-19-10-17-18(11-27-19)30-22(21(29-17)28-14-2-3-14)31-7-5-12(6-8-31)20(26)15-4-1-13(24)9-16(15)25/h1,4,9-12,14,20H,2-3,5-8H2,(H,28,29)/t20-/m0/s1. The van der Waals surface area contributed by atoms with E-state index in [9.17, 15) is 8.78 Å². The first kappa shape index (κ1) is 20.3. The SMILES string of the molecule is Fc1ccc([C@@H](F)C2CCN(c3nc4cnc(Cl)cc4nc3NC3CC3)CC2)c(F)c1. The minimum atomic E-state index is -1.47. The maximum absolute atomic E-state index is 15.0. The minimum Gasteiger partial charge on any atom is -0.364 e. The van der Waals surface area contributed by atoms with Gasteiger partial charge in [0, 0.05) is 36.8 Å². The highest BCUT2D eigenvalue weighted by Gasteiger charge is 2.32. The molecule has 1 aliphatic heterocycles. The molecule has 1 N–H and O–H groups in total. The van der Waals surface area contributed by atoms with E-state index in [0.717, 1.165) is 25.0 Å². The molecule has 0 spiro atoms. The van der Waals surface area contributed by atoms with Gasteiger partial charge in [0.05, 0.1) is 11.7 Å². The Hall–Kier alpha value is -2.61. The highest BCUT2D eigenvalue weighted by molar-refractivity contribution is 6.29. The fourth-order valence-electron chi connectivity index (χ4n) is 4.05. The number of nitrogens with zero attached hydrogens (tertiary/aromatic N) is 4. The lowest BCUT2D eigenvalue weighted by atomic mass is 9.88. The molecule has 3 heterocycles. The maximum atomic E-state index is 15.0. The molecule has 162 valence electrons. The van der Waals surface area contributed by atoms with Gasteiger partial charge in [0.15, 0.2) is 11.6 Å². The van der Waals surface area contributed by atoms with Crippen LogP contribution in [0.3, 0.4) is 0 Å². The fourth-order valence-corrected chi connectivity index (χ4v) is 4.20. The van der Waals surface area contributed by atoms with E-state index in [1.54, 1.807) is 12.3 Å². The second-order valence-electron chi connectivity index (χ2n) is 8.20. The first-order valence-electron chi connectivity index (χ1n) is 10.4. The van der Waals surface area contributed by atoms with Gasteiger partial charge in [-0.2, -0.15) is 0 Å². The van der Waals surface area contributed by atoms with E-state index in [1.807, 2.05) is 0 Å². The maximum Gasteiger partial charge on any atom is 0.172 e. The molecule has 1 atom stereocenters. The van der Waals surface area contributed by atoms with Gasteiger partial charge in [-0.25, -0.2) is 28.1 Å². The lowest BCUT2D eigenvalue weighted by Gasteiger charge is -2.35. The number of anilines is 2. The van der Waals surface area contributed by atoms with E-state index < -0.39 is 17.8 Å². The number of aromatic nitrogens is 3. The Morgan fingerprint density at radius 2 is 1.81 bits per heavy atom. The Morgan fingerprint density at radius 3 is 2.52 bits per heavy atom. The van der Waals surface area contributed by atoms with Crippen molar-refractivity contribution in [2.24, 2.45) is 5.92 Å². The van der Waals surface area contributed by atoms with Crippen LogP contribution in [-0.2, 0) is 0 Å². The van der Waals surface area contributed by atoms with Crippen molar-refractivity contribution in [1.82, 2.24) is 15.0 Å². The highest BCUT2D eigenvalue weighted by Crippen LogP contribution is 2.38. The van der Waals surface area contributed by atoms with Crippen LogP contribution in [-0.4, -0.2) is 34.1 Å². The first-order valence-corrected chi connectivity index (χ1v) is 10.8. The Morgan fingerprint density at radius 1 is 1.03 bits per heavy atom. The van der Waals surface area contributed by atoms with Crippen LogP contribution in [0.25, 0.3) is 11.0 Å². The van der Waals surface area contributed by atoms with Crippen LogP contribution in [0.4, 0.5) is 24.8 Å². The minimum absolute atomic E-state index is 0.0793. The molecule has 2 aromatic heterocycles. The normalized spacial score (nSPS) is 18.4. The third-order valence-electron chi connectivity index (χ3n) is 5.93. The van der Waals surface area contributed by atoms with Crippen LogP contribution in [0.2, 0.25) is 5.15 Å². The van der Waals surface area contributed by atoms with Crippen molar-refractivity contribution < 1.29 is 13.2 Å². The molecule has 9 heteroatoms. The number of rotatable bonds is 5. The lowest BCUT2D eigenvalue weighted by molar-refractivity contribution is 0.193. The molecule has 1 aromatic carbocycles. The molecular formula is C22H21ClF3N5. The number of pyridine rings is 1. The van der Waals surface area contributed by atoms with Gasteiger partial charge in [-0.3, -0.25) is 0 Å². The summed E-state index contributed by atoms with van der Waals surface area (Å²) < 4.78 is 42.2. The number of fused-ring (bicyclic) bond motifs is 1. The van der Waals surface area contributed by atoms with Crippen molar-refractivity contribution >= 4 is 34.3 Å². The Bertz CT molecular complexity index is 1120. The Kier molecular flexibility index (Phi) is 5.33. The molecule has 0 bridgehead atoms. The zero-order chi connectivity index (χ0) is 21.5. The molecule has 5 rings (SSSR count). The van der Waals surface area contributed by atoms with Crippen LogP contribution in [0, 0.1) is 17.6 Å². The number of nitrogens with one attached hydrogen (secondary N) is 1. The van der Waals surface area contributed by atoms with Gasteiger partial charge in [0.25, 0.3) is 0 Å². The first-order chi connectivity index (χ1) is 15.0. The van der Waals surface area contributed by atoms with Gasteiger partial charge >= 0.3 is 0 Å². The number of hydrogen-bond donors (Lipinski definition) is 1. The van der Waals surface area contributed by atoms with Gasteiger partial charge in [0.2, 0.25) is 0 Å². The summed E-state index contributed by atoms with van der Waals surface area (Å²) in [5, 5.41) is 3.78. The summed E-state index contributed by atoms with van der Waals surface area (Å²) in [5.41, 5.74) is 1.22. The molecule has 31 heavy (non-hydrogen) atoms. The van der Waals surface area contributed by atoms with E-state index in [0.29, 0.717) is 59.8 Å². The van der Waals surface area contributed by atoms with E-state index in [4.69, 9.17) is 21.6 Å². The van der Waals surface area contributed by atoms with Crippen molar-refractivity contribution in [3.63, 3.8) is 0 Å². The average molecular weight is 448 g/mol. The van der Waals surface area contributed by atoms with Crippen molar-refractivity contribution in [2.45, 2.75) is 37.9 Å². The van der Waals surface area contributed by atoms with Gasteiger partial charge in [0.1, 0.15) is 28.5 Å². The van der Waals surface area contributed by atoms with Crippen molar-refractivity contribution in [3.8, 4) is 0 Å². The fraction of sp³-hybridized carbons (Fsp3) is 0.409. The Labute approximate surface area is 182 Å². The predicted molar refractivity (Wildman–Crippen MR) is 114 cm³/mol. The largest absolute Gasteiger partial charge is 0.364 e. The molecule has 2 fully saturated rings. The van der Waals surface area contributed by atoms with Gasteiger partial charge in [-0.1, -0.05) is 17.7 Å². The molecule has 0 unspecified atom stereocenters. The summed E-state index contributed by atoms with van der Waals surface area (Å²) in [7, 11) is 0. The van der Waals surface area contributed by atoms with Gasteiger partial charge in [-0.05, 0) is 37.7 Å². The second-order valence-corrected chi connectivity index (χ2v) is 8.59. The van der Waals surface area contributed by atoms with E-state index in [-0.39, 0.29) is 11.5 Å². The number of alkyl halides is 1. The zero-order valence-corrected chi connectivity index (χ0v) is 17.4. The van der Waals surface area contributed by atoms with Crippen LogP contribution in [0.15, 0.2) is 30.5 Å². The molecule has 2 aliphatic rings. The second kappa shape index (κ2) is 8.15. The van der Waals surface area contributed by atoms with E-state index in [1.165, 1.54) is 6.07 Å². The number of halogens is 4. The highest BCUT2D eigenvalue weighted by atomic mass is 35.5. The molecule has 3 aromatic rings. The average Bonchev–Trinajstić information content (AvgIpc) is 3.57. The molecule has 0 amide bonds. The Balaban J connectivity index is 1.36. The predicted octanol–water partition coefficient (Wildman–Crippen LogP) is 5.46. The van der Waals surface area contributed by atoms with Crippen LogP contribution in [0.5, 0.6) is 0 Å². The summed E-state index contributed by atoms with van der Waals surface area (Å²) in [4.78, 5) is 15.6. The summed E-state index contributed by atoms with van der Waals surface area (Å²) >= 11 is 6.00. The molecule has 5 nitrogen and oxygen atoms in total. The summed E-state index contributed by atoms with van der Waals surface area (Å²) in [6.07, 6.45) is 3.35. The third kappa shape index (κ3) is 4.26. The molecule has 1 saturated heterocycles. The summed E-state index contributed by atoms with van der Waals surface area (Å²) in [6.45, 7) is 1.13. The molecule has 0 radical (unpaired) electrons. The molecular weight excluding hydrogens is 427 g/mol. The monoisotopic (exact) mass is 447 g/mol. The van der Waals surface area contributed by atoms with Crippen LogP contribution < -0.4 is 10.2 Å². The number of piperidine rings is 1. The quantitative estimate of drug-likeness (QED) is 0.526. The van der Waals surface area contributed by atoms with Crippen LogP contribution in [0.1, 0.15) is 37.4 Å². The topological polar surface area (TPSA) is 53.9 Å². The number of benzene rings is 1. The van der Waals surface area contributed by atoms with Crippen LogP contribution >= 0.6 is 11.6 Å². The smallest absolute Gasteiger partial charge is 0.172 e. The number of hydrogen-bond acceptors (Lipinski definition) is 5. The van der Waals surface area contributed by atoms with E-state index in [2.05, 4.69) is 15.2 Å². The summed E-state index contributed by atoms with van der Waals surface area (Å²) in [6, 6.07) is 5.10. The van der Waals surface area contributed by atoms with Gasteiger partial charge in [-0.15, -0.1) is 0 Å². The van der Waals surface area contributed by atoms with Crippen molar-refractivity contribution in [1.29, 1.82) is 0 Å². The van der Waals surface area contributed by atoms with E-state index >= 15 is 4.39 Å². The van der Waals surface area contributed by atoms with Crippen molar-refractivity contribution in [2.75, 3.05) is 23.3 Å². The molecule has 1 aliphatic carbocycles. The summed E-state index contributed by atoms with van der Waals surface area (Å²) in [5.74, 6) is -0.477. The lowest BCUT2D eigenvalue weighted by Crippen LogP contribution is -2.36. The van der Waals surface area contributed by atoms with Crippen molar-refractivity contribution in [3.05, 3.63) is 52.8 Å². The third-order valence-corrected chi connectivity index (χ3v) is 6.14. The zero-order valence-electron chi connectivity index (χ0n) is 16.7.